The highest BCUT2D eigenvalue weighted by atomic mass is 16.5. The van der Waals surface area contributed by atoms with Gasteiger partial charge >= 0.3 is 0 Å². The van der Waals surface area contributed by atoms with Crippen LogP contribution in [0.5, 0.6) is 0 Å². The molecule has 0 aromatic carbocycles. The fourth-order valence-corrected chi connectivity index (χ4v) is 3.25. The van der Waals surface area contributed by atoms with Crippen LogP contribution in [0, 0.1) is 5.92 Å². The minimum atomic E-state index is 0.0272. The van der Waals surface area contributed by atoms with Crippen molar-refractivity contribution in [3.8, 4) is 0 Å². The number of carbonyl (C=O) groups excluding carboxylic acids is 1. The maximum atomic E-state index is 12.6. The van der Waals surface area contributed by atoms with Crippen molar-refractivity contribution >= 4 is 5.91 Å². The molecule has 2 aliphatic heterocycles. The second kappa shape index (κ2) is 6.71. The lowest BCUT2D eigenvalue weighted by Gasteiger charge is -2.35. The largest absolute Gasteiger partial charge is 0.381 e. The lowest BCUT2D eigenvalue weighted by Crippen LogP contribution is -2.47. The minimum Gasteiger partial charge on any atom is -0.381 e. The Hall–Kier alpha value is -0.610. The van der Waals surface area contributed by atoms with Gasteiger partial charge in [0, 0.05) is 19.3 Å². The van der Waals surface area contributed by atoms with Gasteiger partial charge in [-0.3, -0.25) is 10.1 Å². The van der Waals surface area contributed by atoms with E-state index in [1.807, 2.05) is 0 Å². The average Bonchev–Trinajstić information content (AvgIpc) is 2.67. The van der Waals surface area contributed by atoms with Crippen molar-refractivity contribution in [3.05, 3.63) is 0 Å². The molecule has 2 atom stereocenters. The third-order valence-corrected chi connectivity index (χ3v) is 4.14. The number of hydrogen-bond donors (Lipinski definition) is 1. The van der Waals surface area contributed by atoms with Crippen molar-refractivity contribution in [2.75, 3.05) is 13.2 Å². The predicted octanol–water partition coefficient (Wildman–Crippen LogP) is 2.14. The van der Waals surface area contributed by atoms with E-state index < -0.39 is 0 Å². The first-order chi connectivity index (χ1) is 9.13. The molecule has 0 aromatic heterocycles. The molecule has 0 radical (unpaired) electrons. The Morgan fingerprint density at radius 2 is 2.05 bits per heavy atom. The van der Waals surface area contributed by atoms with Gasteiger partial charge in [-0.25, -0.2) is 0 Å². The number of carbonyl (C=O) groups is 1. The maximum absolute atomic E-state index is 12.6. The molecule has 2 fully saturated rings. The van der Waals surface area contributed by atoms with Crippen molar-refractivity contribution in [1.82, 2.24) is 10.2 Å². The third kappa shape index (κ3) is 3.48. The number of rotatable bonds is 5. The Morgan fingerprint density at radius 1 is 1.37 bits per heavy atom. The van der Waals surface area contributed by atoms with E-state index in [0.717, 1.165) is 45.3 Å². The van der Waals surface area contributed by atoms with Crippen molar-refractivity contribution in [2.24, 2.45) is 5.92 Å². The molecule has 2 heterocycles. The van der Waals surface area contributed by atoms with Gasteiger partial charge in [0.05, 0.1) is 12.2 Å². The van der Waals surface area contributed by atoms with Gasteiger partial charge in [-0.15, -0.1) is 0 Å². The second-order valence-electron chi connectivity index (χ2n) is 6.24. The molecule has 2 unspecified atom stereocenters. The van der Waals surface area contributed by atoms with Crippen LogP contribution in [0.25, 0.3) is 0 Å². The van der Waals surface area contributed by atoms with Crippen LogP contribution >= 0.6 is 0 Å². The van der Waals surface area contributed by atoms with E-state index in [1.165, 1.54) is 0 Å². The normalized spacial score (nSPS) is 29.5. The van der Waals surface area contributed by atoms with Gasteiger partial charge in [0.1, 0.15) is 0 Å². The summed E-state index contributed by atoms with van der Waals surface area (Å²) in [5.74, 6) is 0.873. The topological polar surface area (TPSA) is 41.6 Å². The Balaban J connectivity index is 2.05. The molecule has 19 heavy (non-hydrogen) atoms. The van der Waals surface area contributed by atoms with Crippen LogP contribution in [0.3, 0.4) is 0 Å². The van der Waals surface area contributed by atoms with Gasteiger partial charge in [0.2, 0.25) is 5.91 Å². The molecule has 1 amide bonds. The van der Waals surface area contributed by atoms with Gasteiger partial charge < -0.3 is 9.64 Å². The summed E-state index contributed by atoms with van der Waals surface area (Å²) in [6.07, 6.45) is 5.32. The Kier molecular flexibility index (Phi) is 5.22. The molecule has 0 spiro atoms. The van der Waals surface area contributed by atoms with Gasteiger partial charge in [0.15, 0.2) is 0 Å². The lowest BCUT2D eigenvalue weighted by molar-refractivity contribution is -0.134. The molecule has 1 N–H and O–H groups in total. The van der Waals surface area contributed by atoms with Gasteiger partial charge in [-0.05, 0) is 31.6 Å². The van der Waals surface area contributed by atoms with Crippen LogP contribution in [0.4, 0.5) is 0 Å². The van der Waals surface area contributed by atoms with E-state index in [4.69, 9.17) is 4.74 Å². The molecular weight excluding hydrogens is 240 g/mol. The summed E-state index contributed by atoms with van der Waals surface area (Å²) < 4.78 is 5.42. The molecule has 2 rings (SSSR count). The zero-order chi connectivity index (χ0) is 13.8. The maximum Gasteiger partial charge on any atom is 0.241 e. The number of amides is 1. The van der Waals surface area contributed by atoms with Gasteiger partial charge in [-0.2, -0.15) is 0 Å². The summed E-state index contributed by atoms with van der Waals surface area (Å²) >= 11 is 0. The minimum absolute atomic E-state index is 0.0272. The molecule has 2 saturated heterocycles. The van der Waals surface area contributed by atoms with Crippen molar-refractivity contribution in [3.63, 3.8) is 0 Å². The zero-order valence-electron chi connectivity index (χ0n) is 12.5. The first kappa shape index (κ1) is 14.8. The molecular formula is C15H28N2O2. The third-order valence-electron chi connectivity index (χ3n) is 4.14. The SMILES string of the molecule is CCCC1NC(CC(C)C)C(=O)N1C1CCOCC1. The van der Waals surface area contributed by atoms with Crippen LogP contribution < -0.4 is 5.32 Å². The van der Waals surface area contributed by atoms with Crippen molar-refractivity contribution < 1.29 is 9.53 Å². The molecule has 2 aliphatic rings. The lowest BCUT2D eigenvalue weighted by atomic mass is 10.0. The number of nitrogens with one attached hydrogen (secondary N) is 1. The van der Waals surface area contributed by atoms with Gasteiger partial charge in [-0.1, -0.05) is 27.2 Å². The van der Waals surface area contributed by atoms with Gasteiger partial charge in [0.25, 0.3) is 0 Å². The van der Waals surface area contributed by atoms with E-state index >= 15 is 0 Å². The molecule has 0 aromatic rings. The van der Waals surface area contributed by atoms with Crippen LogP contribution in [-0.2, 0) is 9.53 Å². The Labute approximate surface area is 116 Å². The quantitative estimate of drug-likeness (QED) is 0.830. The summed E-state index contributed by atoms with van der Waals surface area (Å²) in [6.45, 7) is 8.14. The Bertz CT molecular complexity index is 301. The number of ether oxygens (including phenoxy) is 1. The highest BCUT2D eigenvalue weighted by Gasteiger charge is 2.42. The molecule has 110 valence electrons. The van der Waals surface area contributed by atoms with E-state index in [-0.39, 0.29) is 12.2 Å². The number of nitrogens with zero attached hydrogens (tertiary/aromatic N) is 1. The smallest absolute Gasteiger partial charge is 0.241 e. The first-order valence-corrected chi connectivity index (χ1v) is 7.79. The van der Waals surface area contributed by atoms with E-state index in [0.29, 0.717) is 17.9 Å². The molecule has 0 bridgehead atoms. The van der Waals surface area contributed by atoms with Crippen LogP contribution in [0.15, 0.2) is 0 Å². The number of hydrogen-bond acceptors (Lipinski definition) is 3. The monoisotopic (exact) mass is 268 g/mol. The van der Waals surface area contributed by atoms with Crippen molar-refractivity contribution in [1.29, 1.82) is 0 Å². The zero-order valence-corrected chi connectivity index (χ0v) is 12.5. The fraction of sp³-hybridized carbons (Fsp3) is 0.933. The van der Waals surface area contributed by atoms with Crippen LogP contribution in [-0.4, -0.2) is 42.3 Å². The summed E-state index contributed by atoms with van der Waals surface area (Å²) in [6, 6.07) is 0.404. The van der Waals surface area contributed by atoms with E-state index in [2.05, 4.69) is 31.0 Å². The molecule has 4 heteroatoms. The fourth-order valence-electron chi connectivity index (χ4n) is 3.25. The van der Waals surface area contributed by atoms with Crippen LogP contribution in [0.1, 0.15) is 52.9 Å². The molecule has 0 saturated carbocycles. The summed E-state index contributed by atoms with van der Waals surface area (Å²) in [5, 5.41) is 3.56. The second-order valence-corrected chi connectivity index (χ2v) is 6.24. The van der Waals surface area contributed by atoms with E-state index in [1.54, 1.807) is 0 Å². The average molecular weight is 268 g/mol. The van der Waals surface area contributed by atoms with Crippen molar-refractivity contribution in [2.45, 2.75) is 71.1 Å². The summed E-state index contributed by atoms with van der Waals surface area (Å²) in [7, 11) is 0. The highest BCUT2D eigenvalue weighted by Crippen LogP contribution is 2.26. The van der Waals surface area contributed by atoms with E-state index in [9.17, 15) is 4.79 Å². The molecule has 4 nitrogen and oxygen atoms in total. The predicted molar refractivity (Wildman–Crippen MR) is 75.8 cm³/mol. The molecule has 0 aliphatic carbocycles. The summed E-state index contributed by atoms with van der Waals surface area (Å²) in [4.78, 5) is 14.8. The first-order valence-electron chi connectivity index (χ1n) is 7.79. The van der Waals surface area contributed by atoms with Crippen LogP contribution in [0.2, 0.25) is 0 Å². The Morgan fingerprint density at radius 3 is 2.63 bits per heavy atom. The standard InChI is InChI=1S/C15H28N2O2/c1-4-5-14-16-13(10-11(2)3)15(18)17(14)12-6-8-19-9-7-12/h11-14,16H,4-10H2,1-3H3. The highest BCUT2D eigenvalue weighted by molar-refractivity contribution is 5.84. The summed E-state index contributed by atoms with van der Waals surface area (Å²) in [5.41, 5.74) is 0.